The summed E-state index contributed by atoms with van der Waals surface area (Å²) in [7, 11) is 0. The highest BCUT2D eigenvalue weighted by Crippen LogP contribution is 2.26. The van der Waals surface area contributed by atoms with E-state index in [1.54, 1.807) is 30.3 Å². The van der Waals surface area contributed by atoms with E-state index in [4.69, 9.17) is 21.0 Å². The predicted octanol–water partition coefficient (Wildman–Crippen LogP) is 2.56. The van der Waals surface area contributed by atoms with Crippen LogP contribution in [-0.4, -0.2) is 10.9 Å². The van der Waals surface area contributed by atoms with Gasteiger partial charge in [0.05, 0.1) is 12.2 Å². The van der Waals surface area contributed by atoms with Crippen LogP contribution < -0.4 is 10.5 Å². The van der Waals surface area contributed by atoms with E-state index in [-0.39, 0.29) is 12.4 Å². The molecule has 0 amide bonds. The highest BCUT2D eigenvalue weighted by Gasteiger charge is 2.08. The van der Waals surface area contributed by atoms with Crippen LogP contribution >= 0.6 is 0 Å². The fraction of sp³-hybridized carbons (Fsp3) is 0.133. The van der Waals surface area contributed by atoms with Gasteiger partial charge in [-0.25, -0.2) is 0 Å². The Morgan fingerprint density at radius 2 is 1.89 bits per heavy atom. The molecule has 0 saturated heterocycles. The number of hydrogen-bond acceptors (Lipinski definition) is 3. The molecule has 2 rings (SSSR count). The molecule has 0 spiro atoms. The van der Waals surface area contributed by atoms with Crippen molar-refractivity contribution in [2.24, 2.45) is 5.73 Å². The molecule has 98 valence electrons. The monoisotopic (exact) mass is 256 g/mol. The van der Waals surface area contributed by atoms with Gasteiger partial charge < -0.3 is 15.6 Å². The molecule has 4 nitrogen and oxygen atoms in total. The third-order valence-electron chi connectivity index (χ3n) is 2.76. The summed E-state index contributed by atoms with van der Waals surface area (Å²) in [5, 5.41) is 16.5. The second-order valence-corrected chi connectivity index (χ2v) is 4.32. The van der Waals surface area contributed by atoms with Crippen molar-refractivity contribution in [3.8, 4) is 11.5 Å². The average molecular weight is 256 g/mol. The maximum absolute atomic E-state index is 8.98. The van der Waals surface area contributed by atoms with Crippen LogP contribution in [0.3, 0.4) is 0 Å². The van der Waals surface area contributed by atoms with E-state index in [9.17, 15) is 0 Å². The number of benzene rings is 2. The first-order chi connectivity index (χ1) is 9.10. The second kappa shape index (κ2) is 5.54. The minimum atomic E-state index is -0.0225. The average Bonchev–Trinajstić information content (AvgIpc) is 2.41. The van der Waals surface area contributed by atoms with E-state index in [0.29, 0.717) is 17.1 Å². The smallest absolute Gasteiger partial charge is 0.138 e. The molecule has 0 atom stereocenters. The SMILES string of the molecule is Cc1ccc(Oc2ccc(CO)cc2)c(C(=N)N)c1. The molecule has 19 heavy (non-hydrogen) atoms. The number of aryl methyl sites for hydroxylation is 1. The topological polar surface area (TPSA) is 79.3 Å². The zero-order valence-corrected chi connectivity index (χ0v) is 10.7. The number of ether oxygens (including phenoxy) is 1. The minimum Gasteiger partial charge on any atom is -0.457 e. The van der Waals surface area contributed by atoms with Gasteiger partial charge in [0.1, 0.15) is 17.3 Å². The molecule has 0 aliphatic carbocycles. The molecule has 0 bridgehead atoms. The molecule has 0 radical (unpaired) electrons. The maximum atomic E-state index is 8.98. The lowest BCUT2D eigenvalue weighted by Gasteiger charge is -2.11. The number of aliphatic hydroxyl groups is 1. The normalized spacial score (nSPS) is 10.2. The Kier molecular flexibility index (Phi) is 3.82. The Hall–Kier alpha value is -2.33. The molecule has 0 saturated carbocycles. The number of aliphatic hydroxyl groups excluding tert-OH is 1. The summed E-state index contributed by atoms with van der Waals surface area (Å²) < 4.78 is 5.72. The van der Waals surface area contributed by atoms with Crippen LogP contribution in [-0.2, 0) is 6.61 Å². The quantitative estimate of drug-likeness (QED) is 0.581. The van der Waals surface area contributed by atoms with Gasteiger partial charge in [0.25, 0.3) is 0 Å². The van der Waals surface area contributed by atoms with Crippen LogP contribution in [0.15, 0.2) is 42.5 Å². The first-order valence-corrected chi connectivity index (χ1v) is 5.93. The number of nitrogens with two attached hydrogens (primary N) is 1. The summed E-state index contributed by atoms with van der Waals surface area (Å²) in [5.74, 6) is 1.17. The number of nitrogen functional groups attached to an aromatic ring is 1. The second-order valence-electron chi connectivity index (χ2n) is 4.32. The third-order valence-corrected chi connectivity index (χ3v) is 2.76. The van der Waals surface area contributed by atoms with Gasteiger partial charge >= 0.3 is 0 Å². The summed E-state index contributed by atoms with van der Waals surface area (Å²) in [6.07, 6.45) is 0. The van der Waals surface area contributed by atoms with Crippen LogP contribution in [0.5, 0.6) is 11.5 Å². The fourth-order valence-electron chi connectivity index (χ4n) is 1.73. The Labute approximate surface area is 112 Å². The molecule has 4 heteroatoms. The molecule has 0 unspecified atom stereocenters. The van der Waals surface area contributed by atoms with Crippen molar-refractivity contribution < 1.29 is 9.84 Å². The Bertz CT molecular complexity index is 592. The lowest BCUT2D eigenvalue weighted by atomic mass is 10.1. The minimum absolute atomic E-state index is 0.00348. The number of hydrogen-bond donors (Lipinski definition) is 3. The Morgan fingerprint density at radius 3 is 2.47 bits per heavy atom. The molecule has 0 aliphatic heterocycles. The van der Waals surface area contributed by atoms with Crippen LogP contribution in [0.4, 0.5) is 0 Å². The molecule has 0 heterocycles. The highest BCUT2D eigenvalue weighted by molar-refractivity contribution is 5.97. The largest absolute Gasteiger partial charge is 0.457 e. The van der Waals surface area contributed by atoms with Crippen molar-refractivity contribution in [2.45, 2.75) is 13.5 Å². The van der Waals surface area contributed by atoms with Crippen molar-refractivity contribution in [2.75, 3.05) is 0 Å². The fourth-order valence-corrected chi connectivity index (χ4v) is 1.73. The van der Waals surface area contributed by atoms with Crippen LogP contribution in [0, 0.1) is 12.3 Å². The molecule has 4 N–H and O–H groups in total. The van der Waals surface area contributed by atoms with Crippen LogP contribution in [0.25, 0.3) is 0 Å². The van der Waals surface area contributed by atoms with Crippen LogP contribution in [0.2, 0.25) is 0 Å². The number of nitrogens with one attached hydrogen (secondary N) is 1. The van der Waals surface area contributed by atoms with Gasteiger partial charge in [-0.15, -0.1) is 0 Å². The molecule has 0 aromatic heterocycles. The van der Waals surface area contributed by atoms with E-state index < -0.39 is 0 Å². The molecular formula is C15H16N2O2. The first-order valence-electron chi connectivity index (χ1n) is 5.93. The summed E-state index contributed by atoms with van der Waals surface area (Å²) in [4.78, 5) is 0. The standard InChI is InChI=1S/C15H16N2O2/c1-10-2-7-14(13(8-10)15(16)17)19-12-5-3-11(9-18)4-6-12/h2-8,18H,9H2,1H3,(H3,16,17). The number of amidine groups is 1. The lowest BCUT2D eigenvalue weighted by molar-refractivity contribution is 0.281. The highest BCUT2D eigenvalue weighted by atomic mass is 16.5. The van der Waals surface area contributed by atoms with Gasteiger partial charge in [-0.1, -0.05) is 23.8 Å². The van der Waals surface area contributed by atoms with E-state index in [2.05, 4.69) is 0 Å². The third kappa shape index (κ3) is 3.11. The summed E-state index contributed by atoms with van der Waals surface area (Å²) in [5.41, 5.74) is 7.97. The summed E-state index contributed by atoms with van der Waals surface area (Å²) in [6, 6.07) is 12.6. The molecule has 2 aromatic rings. The van der Waals surface area contributed by atoms with Crippen molar-refractivity contribution in [3.63, 3.8) is 0 Å². The van der Waals surface area contributed by atoms with Crippen molar-refractivity contribution in [1.82, 2.24) is 0 Å². The number of rotatable bonds is 4. The molecule has 2 aromatic carbocycles. The van der Waals surface area contributed by atoms with E-state index >= 15 is 0 Å². The van der Waals surface area contributed by atoms with Crippen molar-refractivity contribution in [1.29, 1.82) is 5.41 Å². The van der Waals surface area contributed by atoms with Gasteiger partial charge in [0, 0.05) is 0 Å². The van der Waals surface area contributed by atoms with Crippen LogP contribution in [0.1, 0.15) is 16.7 Å². The van der Waals surface area contributed by atoms with E-state index in [1.807, 2.05) is 19.1 Å². The zero-order valence-electron chi connectivity index (χ0n) is 10.7. The zero-order chi connectivity index (χ0) is 13.8. The van der Waals surface area contributed by atoms with E-state index in [1.165, 1.54) is 0 Å². The molecule has 0 fully saturated rings. The van der Waals surface area contributed by atoms with Crippen molar-refractivity contribution in [3.05, 3.63) is 59.2 Å². The maximum Gasteiger partial charge on any atom is 0.138 e. The van der Waals surface area contributed by atoms with Gasteiger partial charge in [-0.3, -0.25) is 5.41 Å². The lowest BCUT2D eigenvalue weighted by Crippen LogP contribution is -2.12. The molecular weight excluding hydrogens is 240 g/mol. The Balaban J connectivity index is 2.29. The van der Waals surface area contributed by atoms with E-state index in [0.717, 1.165) is 11.1 Å². The Morgan fingerprint density at radius 1 is 1.21 bits per heavy atom. The first kappa shape index (κ1) is 13.1. The molecule has 0 aliphatic rings. The van der Waals surface area contributed by atoms with Gasteiger partial charge in [-0.05, 0) is 36.8 Å². The van der Waals surface area contributed by atoms with Gasteiger partial charge in [-0.2, -0.15) is 0 Å². The predicted molar refractivity (Wildman–Crippen MR) is 74.6 cm³/mol. The van der Waals surface area contributed by atoms with Crippen molar-refractivity contribution >= 4 is 5.84 Å². The summed E-state index contributed by atoms with van der Waals surface area (Å²) in [6.45, 7) is 1.94. The van der Waals surface area contributed by atoms with Gasteiger partial charge in [0.2, 0.25) is 0 Å². The summed E-state index contributed by atoms with van der Waals surface area (Å²) >= 11 is 0. The van der Waals surface area contributed by atoms with Gasteiger partial charge in [0.15, 0.2) is 0 Å².